The summed E-state index contributed by atoms with van der Waals surface area (Å²) in [6.45, 7) is 0.345. The van der Waals surface area contributed by atoms with Gasteiger partial charge in [-0.2, -0.15) is 0 Å². The summed E-state index contributed by atoms with van der Waals surface area (Å²) in [7, 11) is 1.58. The zero-order valence-corrected chi connectivity index (χ0v) is 17.7. The summed E-state index contributed by atoms with van der Waals surface area (Å²) in [5, 5.41) is 9.51. The van der Waals surface area contributed by atoms with Crippen molar-refractivity contribution in [2.24, 2.45) is 0 Å². The number of anilines is 1. The Bertz CT molecular complexity index is 1450. The average Bonchev–Trinajstić information content (AvgIpc) is 3.40. The lowest BCUT2D eigenvalue weighted by atomic mass is 10.1. The molecule has 160 valence electrons. The zero-order chi connectivity index (χ0) is 22.2. The second kappa shape index (κ2) is 7.93. The summed E-state index contributed by atoms with van der Waals surface area (Å²) in [6, 6.07) is 11.8. The van der Waals surface area contributed by atoms with Crippen molar-refractivity contribution in [2.45, 2.75) is 6.54 Å². The van der Waals surface area contributed by atoms with Crippen molar-refractivity contribution in [3.8, 4) is 22.6 Å². The molecule has 8 nitrogen and oxygen atoms in total. The van der Waals surface area contributed by atoms with E-state index in [9.17, 15) is 4.39 Å². The fourth-order valence-electron chi connectivity index (χ4n) is 3.66. The summed E-state index contributed by atoms with van der Waals surface area (Å²) in [6.07, 6.45) is 4.99. The number of fused-ring (bicyclic) bond motifs is 1. The SMILES string of the molecule is COc1cc(Cl)ccc1-c1cn(Cc2cn(-c3ccccc3F)nn2)c2ncnc(N)c12. The molecular formula is C22H17ClFN7O. The Morgan fingerprint density at radius 1 is 1.09 bits per heavy atom. The van der Waals surface area contributed by atoms with Gasteiger partial charge in [-0.3, -0.25) is 0 Å². The molecule has 0 atom stereocenters. The number of methoxy groups -OCH3 is 1. The van der Waals surface area contributed by atoms with Crippen LogP contribution in [0.15, 0.2) is 61.2 Å². The van der Waals surface area contributed by atoms with E-state index >= 15 is 0 Å². The molecule has 0 fully saturated rings. The van der Waals surface area contributed by atoms with Gasteiger partial charge in [0.05, 0.1) is 25.2 Å². The van der Waals surface area contributed by atoms with Crippen LogP contribution >= 0.6 is 11.6 Å². The molecule has 0 aliphatic rings. The zero-order valence-electron chi connectivity index (χ0n) is 16.9. The molecular weight excluding hydrogens is 433 g/mol. The molecule has 0 saturated heterocycles. The minimum absolute atomic E-state index is 0.321. The van der Waals surface area contributed by atoms with Gasteiger partial charge in [-0.15, -0.1) is 5.10 Å². The number of rotatable bonds is 5. The van der Waals surface area contributed by atoms with Gasteiger partial charge >= 0.3 is 0 Å². The highest BCUT2D eigenvalue weighted by Crippen LogP contribution is 2.39. The van der Waals surface area contributed by atoms with E-state index in [0.717, 1.165) is 11.1 Å². The quantitative estimate of drug-likeness (QED) is 0.433. The van der Waals surface area contributed by atoms with Crippen molar-refractivity contribution < 1.29 is 9.13 Å². The van der Waals surface area contributed by atoms with E-state index in [1.54, 1.807) is 43.6 Å². The standard InChI is InChI=1S/C22H17ClFN7O/c1-32-19-8-13(23)6-7-15(19)16-11-30(22-20(16)21(25)26-12-27-22)9-14-10-31(29-28-14)18-5-3-2-4-17(18)24/h2-8,10-12H,9H2,1H3,(H2,25,26,27). The van der Waals surface area contributed by atoms with Gasteiger partial charge in [-0.1, -0.05) is 28.9 Å². The van der Waals surface area contributed by atoms with Crippen LogP contribution in [0.25, 0.3) is 27.8 Å². The van der Waals surface area contributed by atoms with Crippen molar-refractivity contribution in [1.82, 2.24) is 29.5 Å². The number of hydrogen-bond acceptors (Lipinski definition) is 6. The Morgan fingerprint density at radius 3 is 2.75 bits per heavy atom. The number of nitrogen functional groups attached to an aromatic ring is 1. The molecule has 0 aliphatic carbocycles. The number of hydrogen-bond donors (Lipinski definition) is 1. The second-order valence-electron chi connectivity index (χ2n) is 7.08. The maximum Gasteiger partial charge on any atom is 0.148 e. The lowest BCUT2D eigenvalue weighted by Gasteiger charge is -2.08. The maximum atomic E-state index is 14.1. The highest BCUT2D eigenvalue weighted by molar-refractivity contribution is 6.30. The van der Waals surface area contributed by atoms with Crippen LogP contribution in [0.1, 0.15) is 5.69 Å². The first-order valence-corrected chi connectivity index (χ1v) is 10.0. The van der Waals surface area contributed by atoms with Gasteiger partial charge in [-0.05, 0) is 30.3 Å². The van der Waals surface area contributed by atoms with Crippen LogP contribution in [0, 0.1) is 5.82 Å². The molecule has 32 heavy (non-hydrogen) atoms. The minimum atomic E-state index is -0.381. The van der Waals surface area contributed by atoms with Gasteiger partial charge in [0.2, 0.25) is 0 Å². The molecule has 3 heterocycles. The van der Waals surface area contributed by atoms with Crippen LogP contribution < -0.4 is 10.5 Å². The number of para-hydroxylation sites is 1. The lowest BCUT2D eigenvalue weighted by molar-refractivity contribution is 0.416. The molecule has 0 amide bonds. The smallest absolute Gasteiger partial charge is 0.148 e. The van der Waals surface area contributed by atoms with E-state index in [0.29, 0.717) is 45.5 Å². The number of nitrogens with two attached hydrogens (primary N) is 1. The molecule has 0 radical (unpaired) electrons. The molecule has 2 aromatic carbocycles. The molecule has 0 unspecified atom stereocenters. The first-order valence-electron chi connectivity index (χ1n) is 9.64. The number of nitrogens with zero attached hydrogens (tertiary/aromatic N) is 6. The number of ether oxygens (including phenoxy) is 1. The van der Waals surface area contributed by atoms with Crippen LogP contribution in [0.3, 0.4) is 0 Å². The molecule has 10 heteroatoms. The Balaban J connectivity index is 1.60. The van der Waals surface area contributed by atoms with E-state index < -0.39 is 0 Å². The maximum absolute atomic E-state index is 14.1. The molecule has 0 spiro atoms. The molecule has 5 rings (SSSR count). The van der Waals surface area contributed by atoms with Crippen LogP contribution in [-0.4, -0.2) is 36.6 Å². The fraction of sp³-hybridized carbons (Fsp3) is 0.0909. The van der Waals surface area contributed by atoms with Crippen LogP contribution in [-0.2, 0) is 6.54 Å². The number of aromatic nitrogens is 6. The third-order valence-corrected chi connectivity index (χ3v) is 5.34. The molecule has 5 aromatic rings. The third-order valence-electron chi connectivity index (χ3n) is 5.11. The first kappa shape index (κ1) is 20.0. The van der Waals surface area contributed by atoms with Crippen molar-refractivity contribution in [2.75, 3.05) is 12.8 Å². The highest BCUT2D eigenvalue weighted by atomic mass is 35.5. The summed E-state index contributed by atoms with van der Waals surface area (Å²) in [5.41, 5.74) is 9.39. The van der Waals surface area contributed by atoms with E-state index in [4.69, 9.17) is 22.1 Å². The summed E-state index contributed by atoms with van der Waals surface area (Å²) in [5.74, 6) is 0.564. The first-order chi connectivity index (χ1) is 15.5. The number of halogens is 2. The highest BCUT2D eigenvalue weighted by Gasteiger charge is 2.19. The predicted molar refractivity (Wildman–Crippen MR) is 119 cm³/mol. The van der Waals surface area contributed by atoms with Crippen molar-refractivity contribution in [3.05, 3.63) is 77.7 Å². The Labute approximate surface area is 187 Å². The van der Waals surface area contributed by atoms with E-state index in [1.165, 1.54) is 17.1 Å². The Kier molecular flexibility index (Phi) is 4.95. The largest absolute Gasteiger partial charge is 0.496 e. The fourth-order valence-corrected chi connectivity index (χ4v) is 3.82. The van der Waals surface area contributed by atoms with Gasteiger partial charge in [0.1, 0.15) is 40.7 Å². The minimum Gasteiger partial charge on any atom is -0.496 e. The van der Waals surface area contributed by atoms with Gasteiger partial charge in [0, 0.05) is 22.3 Å². The molecule has 0 aliphatic heterocycles. The Morgan fingerprint density at radius 2 is 1.94 bits per heavy atom. The molecule has 2 N–H and O–H groups in total. The summed E-state index contributed by atoms with van der Waals surface area (Å²) in [4.78, 5) is 8.58. The van der Waals surface area contributed by atoms with Gasteiger partial charge in [0.15, 0.2) is 0 Å². The van der Waals surface area contributed by atoms with Crippen LogP contribution in [0.4, 0.5) is 10.2 Å². The van der Waals surface area contributed by atoms with Gasteiger partial charge in [0.25, 0.3) is 0 Å². The Hall–Kier alpha value is -3.98. The van der Waals surface area contributed by atoms with Crippen LogP contribution in [0.5, 0.6) is 5.75 Å². The van der Waals surface area contributed by atoms with Crippen molar-refractivity contribution in [3.63, 3.8) is 0 Å². The van der Waals surface area contributed by atoms with Crippen molar-refractivity contribution in [1.29, 1.82) is 0 Å². The van der Waals surface area contributed by atoms with Gasteiger partial charge in [-0.25, -0.2) is 19.0 Å². The predicted octanol–water partition coefficient (Wildman–Crippen LogP) is 4.11. The van der Waals surface area contributed by atoms with Gasteiger partial charge < -0.3 is 15.0 Å². The monoisotopic (exact) mass is 449 g/mol. The average molecular weight is 450 g/mol. The van der Waals surface area contributed by atoms with E-state index in [1.807, 2.05) is 16.8 Å². The normalized spacial score (nSPS) is 11.2. The van der Waals surface area contributed by atoms with Crippen molar-refractivity contribution >= 4 is 28.5 Å². The summed E-state index contributed by atoms with van der Waals surface area (Å²) >= 11 is 6.13. The topological polar surface area (TPSA) is 96.7 Å². The van der Waals surface area contributed by atoms with Crippen LogP contribution in [0.2, 0.25) is 5.02 Å². The second-order valence-corrected chi connectivity index (χ2v) is 7.52. The number of benzene rings is 2. The lowest BCUT2D eigenvalue weighted by Crippen LogP contribution is -2.01. The molecule has 0 saturated carbocycles. The molecule has 0 bridgehead atoms. The third kappa shape index (κ3) is 3.42. The summed E-state index contributed by atoms with van der Waals surface area (Å²) < 4.78 is 22.9. The van der Waals surface area contributed by atoms with E-state index in [2.05, 4.69) is 20.3 Å². The molecule has 3 aromatic heterocycles. The van der Waals surface area contributed by atoms with E-state index in [-0.39, 0.29) is 5.82 Å².